The third kappa shape index (κ3) is 4.79. The standard InChI is InChI=1S/C25H29ClN4O4S/c1-13-9-16(14(2)29-28-13)21-7-8-22(35-21)25(33)27-10-19(31)15-5-3-4-6-18(15)30-11-17(26)24-23(30)20(32)12-34-24/h7-9,15,17-18,23-24H,3-6,10-12H2,1-2H3,(H,27,33)/t15-,17-,18?,23+,24+/m0/s1. The summed E-state index contributed by atoms with van der Waals surface area (Å²) in [5, 5.41) is 10.8. The Bertz CT molecular complexity index is 1150. The lowest BCUT2D eigenvalue weighted by atomic mass is 9.80. The van der Waals surface area contributed by atoms with Crippen LogP contribution < -0.4 is 5.32 Å². The summed E-state index contributed by atoms with van der Waals surface area (Å²) in [6, 6.07) is 5.22. The molecule has 5 atom stereocenters. The number of aryl methyl sites for hydroxylation is 2. The number of carbonyl (C=O) groups excluding carboxylic acids is 3. The van der Waals surface area contributed by atoms with E-state index in [2.05, 4.69) is 20.4 Å². The number of rotatable bonds is 6. The molecule has 10 heteroatoms. The number of hydrogen-bond donors (Lipinski definition) is 1. The van der Waals surface area contributed by atoms with Crippen molar-refractivity contribution in [3.63, 3.8) is 0 Å². The fourth-order valence-corrected chi connectivity index (χ4v) is 7.01. The maximum absolute atomic E-state index is 13.3. The van der Waals surface area contributed by atoms with E-state index in [0.29, 0.717) is 11.4 Å². The van der Waals surface area contributed by atoms with Crippen LogP contribution in [0.4, 0.5) is 0 Å². The van der Waals surface area contributed by atoms with Crippen molar-refractivity contribution < 1.29 is 19.1 Å². The molecule has 186 valence electrons. The van der Waals surface area contributed by atoms with E-state index in [9.17, 15) is 14.4 Å². The third-order valence-corrected chi connectivity index (χ3v) is 8.85. The molecule has 0 aromatic carbocycles. The van der Waals surface area contributed by atoms with Crippen LogP contribution in [0.5, 0.6) is 0 Å². The number of nitrogens with one attached hydrogen (secondary N) is 1. The van der Waals surface area contributed by atoms with Crippen molar-refractivity contribution in [2.45, 2.75) is 63.1 Å². The summed E-state index contributed by atoms with van der Waals surface area (Å²) in [5.41, 5.74) is 2.57. The highest BCUT2D eigenvalue weighted by Gasteiger charge is 2.53. The molecule has 1 aliphatic carbocycles. The smallest absolute Gasteiger partial charge is 0.261 e. The van der Waals surface area contributed by atoms with Crippen molar-refractivity contribution >= 4 is 40.4 Å². The van der Waals surface area contributed by atoms with Gasteiger partial charge in [-0.2, -0.15) is 10.2 Å². The number of aromatic nitrogens is 2. The Labute approximate surface area is 213 Å². The van der Waals surface area contributed by atoms with Gasteiger partial charge in [-0.3, -0.25) is 19.3 Å². The SMILES string of the molecule is Cc1cc(-c2ccc(C(=O)NCC(=O)[C@H]3CCCCC3N3C[C@H](Cl)[C@H]4OCC(=O)[C@H]43)s2)c(C)nn1. The molecule has 2 aliphatic heterocycles. The molecule has 0 radical (unpaired) electrons. The quantitative estimate of drug-likeness (QED) is 0.589. The molecular formula is C25H29ClN4O4S. The molecule has 35 heavy (non-hydrogen) atoms. The van der Waals surface area contributed by atoms with Crippen LogP contribution in [0.1, 0.15) is 46.7 Å². The summed E-state index contributed by atoms with van der Waals surface area (Å²) in [7, 11) is 0. The normalized spacial score (nSPS) is 28.8. The lowest BCUT2D eigenvalue weighted by Crippen LogP contribution is -2.52. The largest absolute Gasteiger partial charge is 0.367 e. The summed E-state index contributed by atoms with van der Waals surface area (Å²) >= 11 is 7.86. The molecule has 8 nitrogen and oxygen atoms in total. The monoisotopic (exact) mass is 516 g/mol. The Morgan fingerprint density at radius 3 is 2.86 bits per heavy atom. The number of fused-ring (bicyclic) bond motifs is 1. The molecule has 0 bridgehead atoms. The van der Waals surface area contributed by atoms with E-state index in [1.165, 1.54) is 11.3 Å². The van der Waals surface area contributed by atoms with Gasteiger partial charge < -0.3 is 10.1 Å². The molecule has 0 spiro atoms. The minimum atomic E-state index is -0.357. The molecule has 2 saturated heterocycles. The van der Waals surface area contributed by atoms with Crippen LogP contribution in [0, 0.1) is 19.8 Å². The predicted molar refractivity (Wildman–Crippen MR) is 133 cm³/mol. The second kappa shape index (κ2) is 10.0. The zero-order valence-electron chi connectivity index (χ0n) is 19.8. The zero-order valence-corrected chi connectivity index (χ0v) is 21.4. The number of halogens is 1. The first-order valence-electron chi connectivity index (χ1n) is 12.1. The number of alkyl halides is 1. The number of thiophene rings is 1. The molecule has 1 unspecified atom stereocenters. The predicted octanol–water partition coefficient (Wildman–Crippen LogP) is 2.94. The van der Waals surface area contributed by atoms with Gasteiger partial charge in [-0.1, -0.05) is 12.8 Å². The lowest BCUT2D eigenvalue weighted by Gasteiger charge is -2.39. The molecular weight excluding hydrogens is 488 g/mol. The molecule has 1 N–H and O–H groups in total. The molecule has 5 rings (SSSR count). The van der Waals surface area contributed by atoms with Gasteiger partial charge in [0.1, 0.15) is 6.61 Å². The average Bonchev–Trinajstić information content (AvgIpc) is 3.57. The number of hydrogen-bond acceptors (Lipinski definition) is 8. The molecule has 2 aromatic heterocycles. The van der Waals surface area contributed by atoms with Crippen molar-refractivity contribution in [2.75, 3.05) is 19.7 Å². The van der Waals surface area contributed by atoms with Crippen LogP contribution in [0.2, 0.25) is 0 Å². The average molecular weight is 517 g/mol. The van der Waals surface area contributed by atoms with Gasteiger partial charge in [0, 0.05) is 28.9 Å². The van der Waals surface area contributed by atoms with Crippen LogP contribution in [-0.4, -0.2) is 75.8 Å². The number of Topliss-reactive ketones (excluding diaryl/α,β-unsaturated/α-hetero) is 2. The number of amides is 1. The summed E-state index contributed by atoms with van der Waals surface area (Å²) < 4.78 is 5.62. The van der Waals surface area contributed by atoms with E-state index in [1.54, 1.807) is 6.07 Å². The van der Waals surface area contributed by atoms with Gasteiger partial charge >= 0.3 is 0 Å². The van der Waals surface area contributed by atoms with Gasteiger partial charge in [0.15, 0.2) is 11.6 Å². The van der Waals surface area contributed by atoms with E-state index in [0.717, 1.165) is 47.5 Å². The van der Waals surface area contributed by atoms with Crippen LogP contribution in [-0.2, 0) is 14.3 Å². The molecule has 1 amide bonds. The van der Waals surface area contributed by atoms with Crippen molar-refractivity contribution in [1.82, 2.24) is 20.4 Å². The van der Waals surface area contributed by atoms with E-state index in [4.69, 9.17) is 16.3 Å². The van der Waals surface area contributed by atoms with E-state index in [1.807, 2.05) is 26.0 Å². The highest BCUT2D eigenvalue weighted by atomic mass is 35.5. The highest BCUT2D eigenvalue weighted by molar-refractivity contribution is 7.17. The van der Waals surface area contributed by atoms with Crippen LogP contribution in [0.15, 0.2) is 18.2 Å². The second-order valence-corrected chi connectivity index (χ2v) is 11.3. The van der Waals surface area contributed by atoms with Gasteiger partial charge in [0.05, 0.1) is 40.3 Å². The zero-order chi connectivity index (χ0) is 24.7. The minimum absolute atomic E-state index is 0.00516. The number of nitrogens with zero attached hydrogens (tertiary/aromatic N) is 3. The van der Waals surface area contributed by atoms with Crippen LogP contribution >= 0.6 is 22.9 Å². The number of likely N-dealkylation sites (tertiary alicyclic amines) is 1. The third-order valence-electron chi connectivity index (χ3n) is 7.35. The van der Waals surface area contributed by atoms with Crippen LogP contribution in [0.3, 0.4) is 0 Å². The first-order chi connectivity index (χ1) is 16.8. The summed E-state index contributed by atoms with van der Waals surface area (Å²) in [6.07, 6.45) is 3.28. The van der Waals surface area contributed by atoms with E-state index in [-0.39, 0.29) is 60.1 Å². The van der Waals surface area contributed by atoms with Gasteiger partial charge in [-0.25, -0.2) is 0 Å². The van der Waals surface area contributed by atoms with Crippen molar-refractivity contribution in [3.05, 3.63) is 34.5 Å². The fraction of sp³-hybridized carbons (Fsp3) is 0.560. The highest BCUT2D eigenvalue weighted by Crippen LogP contribution is 2.38. The second-order valence-electron chi connectivity index (χ2n) is 9.66. The lowest BCUT2D eigenvalue weighted by molar-refractivity contribution is -0.128. The van der Waals surface area contributed by atoms with Crippen molar-refractivity contribution in [1.29, 1.82) is 0 Å². The molecule has 2 aromatic rings. The van der Waals surface area contributed by atoms with Crippen LogP contribution in [0.25, 0.3) is 10.4 Å². The summed E-state index contributed by atoms with van der Waals surface area (Å²) in [6.45, 7) is 4.38. The Morgan fingerprint density at radius 1 is 1.23 bits per heavy atom. The Balaban J connectivity index is 1.24. The van der Waals surface area contributed by atoms with Gasteiger partial charge in [0.2, 0.25) is 0 Å². The Kier molecular flexibility index (Phi) is 7.03. The van der Waals surface area contributed by atoms with E-state index < -0.39 is 0 Å². The first kappa shape index (κ1) is 24.5. The minimum Gasteiger partial charge on any atom is -0.367 e. The van der Waals surface area contributed by atoms with Gasteiger partial charge in [-0.15, -0.1) is 22.9 Å². The molecule has 4 heterocycles. The van der Waals surface area contributed by atoms with E-state index >= 15 is 0 Å². The van der Waals surface area contributed by atoms with Crippen molar-refractivity contribution in [2.24, 2.45) is 5.92 Å². The molecule has 1 saturated carbocycles. The topological polar surface area (TPSA) is 101 Å². The number of carbonyl (C=O) groups is 3. The number of ether oxygens (including phenoxy) is 1. The Morgan fingerprint density at radius 2 is 2.03 bits per heavy atom. The summed E-state index contributed by atoms with van der Waals surface area (Å²) in [4.78, 5) is 42.2. The maximum Gasteiger partial charge on any atom is 0.261 e. The Hall–Kier alpha value is -2.20. The summed E-state index contributed by atoms with van der Waals surface area (Å²) in [5.74, 6) is -0.440. The first-order valence-corrected chi connectivity index (χ1v) is 13.3. The molecule has 3 fully saturated rings. The van der Waals surface area contributed by atoms with Crippen molar-refractivity contribution in [3.8, 4) is 10.4 Å². The van der Waals surface area contributed by atoms with Gasteiger partial charge in [-0.05, 0) is 44.9 Å². The fourth-order valence-electron chi connectivity index (χ4n) is 5.65. The van der Waals surface area contributed by atoms with Gasteiger partial charge in [0.25, 0.3) is 5.91 Å². The maximum atomic E-state index is 13.3. The molecule has 3 aliphatic rings. The number of ketones is 2.